The Morgan fingerprint density at radius 3 is 2.83 bits per heavy atom. The zero-order valence-electron chi connectivity index (χ0n) is 11.9. The van der Waals surface area contributed by atoms with Crippen LogP contribution in [-0.4, -0.2) is 10.9 Å². The fourth-order valence-electron chi connectivity index (χ4n) is 2.13. The van der Waals surface area contributed by atoms with Crippen LogP contribution in [0.15, 0.2) is 54.0 Å². The van der Waals surface area contributed by atoms with Gasteiger partial charge in [-0.25, -0.2) is 4.98 Å². The van der Waals surface area contributed by atoms with Gasteiger partial charge in [0.1, 0.15) is 5.01 Å². The van der Waals surface area contributed by atoms with Crippen molar-refractivity contribution >= 4 is 40.4 Å². The van der Waals surface area contributed by atoms with E-state index in [4.69, 9.17) is 23.2 Å². The van der Waals surface area contributed by atoms with Gasteiger partial charge in [-0.3, -0.25) is 4.79 Å². The van der Waals surface area contributed by atoms with Gasteiger partial charge in [-0.05, 0) is 29.8 Å². The standard InChI is InChI=1S/C17H12Cl2N2OS/c18-13-4-5-15(19)14(9-13)16(22)21-10-11-2-1-3-12(8-11)17-20-6-7-23-17/h1-9H,10H2,(H,21,22). The second-order valence-corrected chi connectivity index (χ2v) is 6.58. The summed E-state index contributed by atoms with van der Waals surface area (Å²) >= 11 is 13.5. The number of halogens is 2. The number of thiazole rings is 1. The number of aromatic nitrogens is 1. The minimum absolute atomic E-state index is 0.253. The molecule has 3 nitrogen and oxygen atoms in total. The fraction of sp³-hybridized carbons (Fsp3) is 0.0588. The Kier molecular flexibility index (Phi) is 4.96. The summed E-state index contributed by atoms with van der Waals surface area (Å²) in [6.45, 7) is 0.404. The number of hydrogen-bond donors (Lipinski definition) is 1. The van der Waals surface area contributed by atoms with E-state index < -0.39 is 0 Å². The zero-order valence-corrected chi connectivity index (χ0v) is 14.3. The molecule has 1 heterocycles. The first-order valence-electron chi connectivity index (χ1n) is 6.85. The maximum Gasteiger partial charge on any atom is 0.253 e. The van der Waals surface area contributed by atoms with E-state index in [1.165, 1.54) is 0 Å². The molecule has 0 radical (unpaired) electrons. The summed E-state index contributed by atoms with van der Waals surface area (Å²) in [5.41, 5.74) is 2.40. The molecule has 3 rings (SSSR count). The highest BCUT2D eigenvalue weighted by Gasteiger charge is 2.11. The Morgan fingerprint density at radius 1 is 1.17 bits per heavy atom. The summed E-state index contributed by atoms with van der Waals surface area (Å²) in [6, 6.07) is 12.7. The van der Waals surface area contributed by atoms with Crippen LogP contribution >= 0.6 is 34.5 Å². The van der Waals surface area contributed by atoms with Gasteiger partial charge < -0.3 is 5.32 Å². The van der Waals surface area contributed by atoms with E-state index in [-0.39, 0.29) is 5.91 Å². The molecule has 1 aromatic heterocycles. The third kappa shape index (κ3) is 3.91. The molecule has 2 aromatic carbocycles. The second-order valence-electron chi connectivity index (χ2n) is 4.84. The molecule has 116 valence electrons. The maximum atomic E-state index is 12.2. The minimum Gasteiger partial charge on any atom is -0.348 e. The summed E-state index contributed by atoms with van der Waals surface area (Å²) in [7, 11) is 0. The van der Waals surface area contributed by atoms with Crippen molar-refractivity contribution in [3.8, 4) is 10.6 Å². The van der Waals surface area contributed by atoms with Gasteiger partial charge in [-0.15, -0.1) is 11.3 Å². The Morgan fingerprint density at radius 2 is 2.04 bits per heavy atom. The van der Waals surface area contributed by atoms with Crippen molar-refractivity contribution in [3.05, 3.63) is 75.2 Å². The molecule has 0 unspecified atom stereocenters. The monoisotopic (exact) mass is 362 g/mol. The Labute approximate surface area is 147 Å². The molecule has 23 heavy (non-hydrogen) atoms. The third-order valence-corrected chi connectivity index (χ3v) is 4.62. The highest BCUT2D eigenvalue weighted by molar-refractivity contribution is 7.13. The molecule has 0 aliphatic heterocycles. The van der Waals surface area contributed by atoms with Crippen LogP contribution in [0.25, 0.3) is 10.6 Å². The minimum atomic E-state index is -0.253. The molecule has 0 saturated heterocycles. The van der Waals surface area contributed by atoms with Crippen molar-refractivity contribution in [3.63, 3.8) is 0 Å². The van der Waals surface area contributed by atoms with Gasteiger partial charge in [0, 0.05) is 28.7 Å². The molecular formula is C17H12Cl2N2OS. The lowest BCUT2D eigenvalue weighted by Gasteiger charge is -2.08. The number of rotatable bonds is 4. The zero-order chi connectivity index (χ0) is 16.2. The summed E-state index contributed by atoms with van der Waals surface area (Å²) in [5, 5.41) is 6.60. The SMILES string of the molecule is O=C(NCc1cccc(-c2nccs2)c1)c1cc(Cl)ccc1Cl. The molecule has 6 heteroatoms. The van der Waals surface area contributed by atoms with Gasteiger partial charge in [0.2, 0.25) is 0 Å². The average Bonchev–Trinajstić information content (AvgIpc) is 3.10. The lowest BCUT2D eigenvalue weighted by atomic mass is 10.1. The summed E-state index contributed by atoms with van der Waals surface area (Å²) in [4.78, 5) is 16.5. The average molecular weight is 363 g/mol. The number of nitrogens with zero attached hydrogens (tertiary/aromatic N) is 1. The Balaban J connectivity index is 1.72. The van der Waals surface area contributed by atoms with Crippen LogP contribution in [0.5, 0.6) is 0 Å². The molecule has 1 amide bonds. The smallest absolute Gasteiger partial charge is 0.253 e. The number of amides is 1. The fourth-order valence-corrected chi connectivity index (χ4v) is 3.14. The van der Waals surface area contributed by atoms with Gasteiger partial charge in [0.25, 0.3) is 5.91 Å². The molecule has 0 aliphatic rings. The van der Waals surface area contributed by atoms with E-state index >= 15 is 0 Å². The van der Waals surface area contributed by atoms with Gasteiger partial charge in [-0.1, -0.05) is 41.4 Å². The van der Waals surface area contributed by atoms with Crippen molar-refractivity contribution in [2.45, 2.75) is 6.54 Å². The van der Waals surface area contributed by atoms with Crippen molar-refractivity contribution < 1.29 is 4.79 Å². The molecule has 0 atom stereocenters. The van der Waals surface area contributed by atoms with Gasteiger partial charge >= 0.3 is 0 Å². The number of hydrogen-bond acceptors (Lipinski definition) is 3. The van der Waals surface area contributed by atoms with Crippen LogP contribution in [0.4, 0.5) is 0 Å². The van der Waals surface area contributed by atoms with Crippen LogP contribution in [0.3, 0.4) is 0 Å². The Hall–Kier alpha value is -1.88. The summed E-state index contributed by atoms with van der Waals surface area (Å²) < 4.78 is 0. The second kappa shape index (κ2) is 7.13. The van der Waals surface area contributed by atoms with Crippen LogP contribution in [0, 0.1) is 0 Å². The van der Waals surface area contributed by atoms with Crippen LogP contribution in [0.1, 0.15) is 15.9 Å². The lowest BCUT2D eigenvalue weighted by molar-refractivity contribution is 0.0951. The van der Waals surface area contributed by atoms with E-state index in [0.29, 0.717) is 22.2 Å². The van der Waals surface area contributed by atoms with Gasteiger partial charge in [-0.2, -0.15) is 0 Å². The number of benzene rings is 2. The lowest BCUT2D eigenvalue weighted by Crippen LogP contribution is -2.23. The topological polar surface area (TPSA) is 42.0 Å². The Bertz CT molecular complexity index is 834. The molecule has 0 bridgehead atoms. The van der Waals surface area contributed by atoms with E-state index in [1.54, 1.807) is 35.7 Å². The van der Waals surface area contributed by atoms with Crippen LogP contribution < -0.4 is 5.32 Å². The number of nitrogens with one attached hydrogen (secondary N) is 1. The van der Waals surface area contributed by atoms with Gasteiger partial charge in [0.15, 0.2) is 0 Å². The van der Waals surface area contributed by atoms with Crippen molar-refractivity contribution in [1.82, 2.24) is 10.3 Å². The first-order valence-corrected chi connectivity index (χ1v) is 8.49. The predicted octanol–water partition coefficient (Wildman–Crippen LogP) is 5.05. The summed E-state index contributed by atoms with van der Waals surface area (Å²) in [5.74, 6) is -0.253. The highest BCUT2D eigenvalue weighted by atomic mass is 35.5. The van der Waals surface area contributed by atoms with Gasteiger partial charge in [0.05, 0.1) is 10.6 Å². The van der Waals surface area contributed by atoms with Crippen molar-refractivity contribution in [1.29, 1.82) is 0 Å². The van der Waals surface area contributed by atoms with Crippen LogP contribution in [-0.2, 0) is 6.54 Å². The van der Waals surface area contributed by atoms with E-state index in [0.717, 1.165) is 16.1 Å². The molecule has 0 saturated carbocycles. The number of carbonyl (C=O) groups excluding carboxylic acids is 1. The van der Waals surface area contributed by atoms with Crippen LogP contribution in [0.2, 0.25) is 10.0 Å². The van der Waals surface area contributed by atoms with E-state index in [9.17, 15) is 4.79 Å². The molecule has 3 aromatic rings. The highest BCUT2D eigenvalue weighted by Crippen LogP contribution is 2.23. The van der Waals surface area contributed by atoms with E-state index in [1.807, 2.05) is 29.6 Å². The quantitative estimate of drug-likeness (QED) is 0.705. The first-order chi connectivity index (χ1) is 11.1. The molecule has 0 fully saturated rings. The third-order valence-electron chi connectivity index (χ3n) is 3.23. The first kappa shape index (κ1) is 16.0. The van der Waals surface area contributed by atoms with E-state index in [2.05, 4.69) is 10.3 Å². The predicted molar refractivity (Wildman–Crippen MR) is 95.2 cm³/mol. The summed E-state index contributed by atoms with van der Waals surface area (Å²) in [6.07, 6.45) is 1.77. The molecular weight excluding hydrogens is 351 g/mol. The van der Waals surface area contributed by atoms with Crippen molar-refractivity contribution in [2.24, 2.45) is 0 Å². The number of carbonyl (C=O) groups is 1. The maximum absolute atomic E-state index is 12.2. The molecule has 0 aliphatic carbocycles. The normalized spacial score (nSPS) is 10.5. The van der Waals surface area contributed by atoms with Crippen molar-refractivity contribution in [2.75, 3.05) is 0 Å². The molecule has 1 N–H and O–H groups in total. The largest absolute Gasteiger partial charge is 0.348 e. The molecule has 0 spiro atoms.